The van der Waals surface area contributed by atoms with Crippen molar-refractivity contribution in [1.29, 1.82) is 0 Å². The Hall–Kier alpha value is -1.55. The molecule has 0 radical (unpaired) electrons. The van der Waals surface area contributed by atoms with E-state index in [0.717, 1.165) is 5.56 Å². The number of benzene rings is 1. The monoisotopic (exact) mass is 241 g/mol. The number of aliphatic carboxylic acids is 1. The van der Waals surface area contributed by atoms with Crippen LogP contribution in [0.3, 0.4) is 0 Å². The first-order chi connectivity index (χ1) is 7.41. The zero-order valence-electron chi connectivity index (χ0n) is 8.95. The molecule has 0 spiro atoms. The van der Waals surface area contributed by atoms with Crippen molar-refractivity contribution in [2.24, 2.45) is 0 Å². The lowest BCUT2D eigenvalue weighted by Gasteiger charge is -2.09. The molecule has 16 heavy (non-hydrogen) atoms. The SMILES string of the molecule is Cc1ccc(C(=O)N[C@@H](C)C(=O)O)cc1Cl. The minimum absolute atomic E-state index is 0.351. The second kappa shape index (κ2) is 4.99. The first kappa shape index (κ1) is 12.5. The van der Waals surface area contributed by atoms with Crippen LogP contribution >= 0.6 is 11.6 Å². The third kappa shape index (κ3) is 2.97. The largest absolute Gasteiger partial charge is 0.480 e. The molecular weight excluding hydrogens is 230 g/mol. The Bertz CT molecular complexity index is 431. The van der Waals surface area contributed by atoms with E-state index in [2.05, 4.69) is 5.32 Å². The summed E-state index contributed by atoms with van der Waals surface area (Å²) < 4.78 is 0. The molecule has 1 rings (SSSR count). The molecule has 0 aromatic heterocycles. The number of carboxylic acid groups (broad SMARTS) is 1. The number of carbonyl (C=O) groups is 2. The Balaban J connectivity index is 2.81. The van der Waals surface area contributed by atoms with Crippen molar-refractivity contribution in [2.75, 3.05) is 0 Å². The Morgan fingerprint density at radius 3 is 2.56 bits per heavy atom. The van der Waals surface area contributed by atoms with Crippen LogP contribution < -0.4 is 5.32 Å². The molecule has 0 saturated heterocycles. The van der Waals surface area contributed by atoms with Gasteiger partial charge in [0.05, 0.1) is 0 Å². The highest BCUT2D eigenvalue weighted by Gasteiger charge is 2.15. The molecule has 1 aromatic rings. The first-order valence-electron chi connectivity index (χ1n) is 4.71. The fourth-order valence-electron chi connectivity index (χ4n) is 1.08. The second-order valence-electron chi connectivity index (χ2n) is 3.50. The zero-order chi connectivity index (χ0) is 12.3. The van der Waals surface area contributed by atoms with Gasteiger partial charge in [0.2, 0.25) is 0 Å². The second-order valence-corrected chi connectivity index (χ2v) is 3.90. The van der Waals surface area contributed by atoms with Crippen LogP contribution in [0.1, 0.15) is 22.8 Å². The third-order valence-corrected chi connectivity index (χ3v) is 2.56. The maximum atomic E-state index is 11.6. The minimum atomic E-state index is -1.08. The number of hydrogen-bond donors (Lipinski definition) is 2. The molecule has 2 N–H and O–H groups in total. The summed E-state index contributed by atoms with van der Waals surface area (Å²) in [6, 6.07) is 3.90. The molecule has 0 bridgehead atoms. The molecule has 1 aromatic carbocycles. The van der Waals surface area contributed by atoms with E-state index in [9.17, 15) is 9.59 Å². The van der Waals surface area contributed by atoms with Crippen LogP contribution in [0.5, 0.6) is 0 Å². The van der Waals surface area contributed by atoms with Gasteiger partial charge in [-0.1, -0.05) is 17.7 Å². The summed E-state index contributed by atoms with van der Waals surface area (Å²) in [5.74, 6) is -1.52. The highest BCUT2D eigenvalue weighted by molar-refractivity contribution is 6.31. The molecule has 0 fully saturated rings. The van der Waals surface area contributed by atoms with Crippen molar-refractivity contribution >= 4 is 23.5 Å². The molecule has 1 atom stereocenters. The van der Waals surface area contributed by atoms with Crippen LogP contribution in [0.15, 0.2) is 18.2 Å². The van der Waals surface area contributed by atoms with E-state index in [4.69, 9.17) is 16.7 Å². The minimum Gasteiger partial charge on any atom is -0.480 e. The number of nitrogens with one attached hydrogen (secondary N) is 1. The molecule has 0 aliphatic carbocycles. The van der Waals surface area contributed by atoms with E-state index in [-0.39, 0.29) is 0 Å². The van der Waals surface area contributed by atoms with Gasteiger partial charge < -0.3 is 10.4 Å². The van der Waals surface area contributed by atoms with Gasteiger partial charge in [0.1, 0.15) is 6.04 Å². The highest BCUT2D eigenvalue weighted by atomic mass is 35.5. The van der Waals surface area contributed by atoms with Gasteiger partial charge in [-0.2, -0.15) is 0 Å². The summed E-state index contributed by atoms with van der Waals surface area (Å²) in [7, 11) is 0. The van der Waals surface area contributed by atoms with Crippen molar-refractivity contribution in [3.05, 3.63) is 34.3 Å². The third-order valence-electron chi connectivity index (χ3n) is 2.15. The lowest BCUT2D eigenvalue weighted by Crippen LogP contribution is -2.38. The highest BCUT2D eigenvalue weighted by Crippen LogP contribution is 2.16. The average Bonchev–Trinajstić information content (AvgIpc) is 2.21. The van der Waals surface area contributed by atoms with Gasteiger partial charge in [-0.3, -0.25) is 9.59 Å². The van der Waals surface area contributed by atoms with Crippen LogP contribution in [0.4, 0.5) is 0 Å². The summed E-state index contributed by atoms with van der Waals surface area (Å²) in [6.07, 6.45) is 0. The summed E-state index contributed by atoms with van der Waals surface area (Å²) in [4.78, 5) is 22.1. The van der Waals surface area contributed by atoms with Gasteiger partial charge >= 0.3 is 5.97 Å². The summed E-state index contributed by atoms with van der Waals surface area (Å²) in [5, 5.41) is 11.5. The summed E-state index contributed by atoms with van der Waals surface area (Å²) in [6.45, 7) is 3.22. The molecule has 0 saturated carbocycles. The van der Waals surface area contributed by atoms with Gasteiger partial charge in [0.15, 0.2) is 0 Å². The fraction of sp³-hybridized carbons (Fsp3) is 0.273. The number of carbonyl (C=O) groups excluding carboxylic acids is 1. The van der Waals surface area contributed by atoms with Gasteiger partial charge in [-0.25, -0.2) is 0 Å². The average molecular weight is 242 g/mol. The fourth-order valence-corrected chi connectivity index (χ4v) is 1.26. The smallest absolute Gasteiger partial charge is 0.325 e. The lowest BCUT2D eigenvalue weighted by molar-refractivity contribution is -0.138. The molecular formula is C11H12ClNO3. The molecule has 86 valence electrons. The molecule has 1 amide bonds. The maximum Gasteiger partial charge on any atom is 0.325 e. The molecule has 0 aliphatic rings. The van der Waals surface area contributed by atoms with Crippen LogP contribution in [-0.2, 0) is 4.79 Å². The number of halogens is 1. The van der Waals surface area contributed by atoms with Crippen molar-refractivity contribution in [3.8, 4) is 0 Å². The van der Waals surface area contributed by atoms with Crippen LogP contribution in [0.25, 0.3) is 0 Å². The molecule has 4 nitrogen and oxygen atoms in total. The molecule has 0 aliphatic heterocycles. The van der Waals surface area contributed by atoms with E-state index < -0.39 is 17.9 Å². The van der Waals surface area contributed by atoms with Gasteiger partial charge in [0.25, 0.3) is 5.91 Å². The Morgan fingerprint density at radius 1 is 1.44 bits per heavy atom. The van der Waals surface area contributed by atoms with Crippen LogP contribution in [-0.4, -0.2) is 23.0 Å². The van der Waals surface area contributed by atoms with Gasteiger partial charge in [-0.05, 0) is 31.5 Å². The Kier molecular flexibility index (Phi) is 3.90. The van der Waals surface area contributed by atoms with E-state index >= 15 is 0 Å². The topological polar surface area (TPSA) is 66.4 Å². The zero-order valence-corrected chi connectivity index (χ0v) is 9.71. The van der Waals surface area contributed by atoms with E-state index in [1.165, 1.54) is 13.0 Å². The van der Waals surface area contributed by atoms with E-state index in [1.807, 2.05) is 6.92 Å². The quantitative estimate of drug-likeness (QED) is 0.849. The molecule has 5 heteroatoms. The van der Waals surface area contributed by atoms with Crippen molar-refractivity contribution in [2.45, 2.75) is 19.9 Å². The summed E-state index contributed by atoms with van der Waals surface area (Å²) in [5.41, 5.74) is 1.22. The first-order valence-corrected chi connectivity index (χ1v) is 5.09. The normalized spacial score (nSPS) is 11.9. The number of rotatable bonds is 3. The van der Waals surface area contributed by atoms with Crippen molar-refractivity contribution in [1.82, 2.24) is 5.32 Å². The van der Waals surface area contributed by atoms with Crippen LogP contribution in [0, 0.1) is 6.92 Å². The summed E-state index contributed by atoms with van der Waals surface area (Å²) >= 11 is 5.86. The van der Waals surface area contributed by atoms with E-state index in [1.54, 1.807) is 12.1 Å². The lowest BCUT2D eigenvalue weighted by atomic mass is 10.1. The predicted molar refractivity (Wildman–Crippen MR) is 60.8 cm³/mol. The molecule has 0 heterocycles. The van der Waals surface area contributed by atoms with Crippen molar-refractivity contribution in [3.63, 3.8) is 0 Å². The number of amides is 1. The predicted octanol–water partition coefficient (Wildman–Crippen LogP) is 1.85. The number of carboxylic acids is 1. The van der Waals surface area contributed by atoms with Crippen LogP contribution in [0.2, 0.25) is 5.02 Å². The van der Waals surface area contributed by atoms with Gasteiger partial charge in [0, 0.05) is 10.6 Å². The Morgan fingerprint density at radius 2 is 2.06 bits per heavy atom. The van der Waals surface area contributed by atoms with E-state index in [0.29, 0.717) is 10.6 Å². The Labute approximate surface area is 98.2 Å². The standard InChI is InChI=1S/C11H12ClNO3/c1-6-3-4-8(5-9(6)12)10(14)13-7(2)11(15)16/h3-5,7H,1-2H3,(H,13,14)(H,15,16)/t7-/m0/s1. The van der Waals surface area contributed by atoms with Crippen molar-refractivity contribution < 1.29 is 14.7 Å². The molecule has 0 unspecified atom stereocenters. The van der Waals surface area contributed by atoms with Gasteiger partial charge in [-0.15, -0.1) is 0 Å². The number of aryl methyl sites for hydroxylation is 1. The number of hydrogen-bond acceptors (Lipinski definition) is 2. The maximum absolute atomic E-state index is 11.6.